The molecule has 0 aliphatic carbocycles. The molecule has 2 aliphatic heterocycles. The van der Waals surface area contributed by atoms with E-state index in [0.717, 1.165) is 16.7 Å². The van der Waals surface area contributed by atoms with Crippen LogP contribution in [0.2, 0.25) is 0 Å². The molecule has 3 aromatic carbocycles. The Kier molecular flexibility index (Phi) is 14.1. The lowest BCUT2D eigenvalue weighted by atomic mass is 9.78. The average Bonchev–Trinajstić information content (AvgIpc) is 3.16. The Labute approximate surface area is 303 Å². The number of hydrogen-bond donors (Lipinski definition) is 0. The zero-order valence-corrected chi connectivity index (χ0v) is 30.9. The third-order valence-electron chi connectivity index (χ3n) is 10.9. The Morgan fingerprint density at radius 3 is 1.86 bits per heavy atom. The van der Waals surface area contributed by atoms with Crippen LogP contribution in [0.1, 0.15) is 57.7 Å². The zero-order valence-electron chi connectivity index (χ0n) is 30.9. The molecule has 51 heavy (non-hydrogen) atoms. The molecule has 0 radical (unpaired) electrons. The van der Waals surface area contributed by atoms with E-state index in [4.69, 9.17) is 28.4 Å². The Hall–Kier alpha value is -3.76. The van der Waals surface area contributed by atoms with Crippen LogP contribution in [0, 0.1) is 29.6 Å². The lowest BCUT2D eigenvalue weighted by Gasteiger charge is -2.49. The van der Waals surface area contributed by atoms with Crippen LogP contribution < -0.4 is 0 Å². The molecule has 2 aliphatic rings. The molecule has 4 unspecified atom stereocenters. The number of nitrogens with zero attached hydrogens (tertiary/aromatic N) is 1. The van der Waals surface area contributed by atoms with Crippen molar-refractivity contribution in [2.45, 2.75) is 91.5 Å². The summed E-state index contributed by atoms with van der Waals surface area (Å²) >= 11 is 0. The Morgan fingerprint density at radius 2 is 1.25 bits per heavy atom. The largest absolute Gasteiger partial charge is 0.467 e. The number of amides is 1. The van der Waals surface area contributed by atoms with Gasteiger partial charge in [-0.05, 0) is 34.9 Å². The van der Waals surface area contributed by atoms with Gasteiger partial charge in [0.05, 0.1) is 38.6 Å². The van der Waals surface area contributed by atoms with Crippen LogP contribution in [0.5, 0.6) is 0 Å². The predicted molar refractivity (Wildman–Crippen MR) is 194 cm³/mol. The summed E-state index contributed by atoms with van der Waals surface area (Å²) in [6.45, 7) is 12.6. The molecule has 9 heteroatoms. The van der Waals surface area contributed by atoms with Gasteiger partial charge < -0.3 is 33.3 Å². The lowest BCUT2D eigenvalue weighted by molar-refractivity contribution is -0.301. The molecule has 0 bridgehead atoms. The molecule has 2 fully saturated rings. The minimum atomic E-state index is -0.825. The van der Waals surface area contributed by atoms with E-state index in [2.05, 4.69) is 39.8 Å². The number of esters is 1. The maximum absolute atomic E-state index is 13.5. The SMILES string of the molecule is COC(=O)C1O[C@@H](CCN(Cc2ccccc2)C(=O)OCc2ccccc2)C(C)[C@@H](O[C@@H]2OC(COCc3ccccc3)[C@H](C)[C@H](C)C2C)[C@H]1C. The van der Waals surface area contributed by atoms with E-state index in [1.54, 1.807) is 4.90 Å². The molecule has 0 spiro atoms. The first-order valence-corrected chi connectivity index (χ1v) is 18.3. The average molecular weight is 702 g/mol. The molecule has 2 heterocycles. The van der Waals surface area contributed by atoms with Gasteiger partial charge in [0.2, 0.25) is 0 Å². The first-order valence-electron chi connectivity index (χ1n) is 18.3. The van der Waals surface area contributed by atoms with E-state index in [-0.39, 0.29) is 42.5 Å². The van der Waals surface area contributed by atoms with Crippen LogP contribution in [-0.2, 0) is 53.0 Å². The zero-order chi connectivity index (χ0) is 36.3. The first-order chi connectivity index (χ1) is 24.7. The molecule has 276 valence electrons. The predicted octanol–water partition coefficient (Wildman–Crippen LogP) is 7.66. The number of carbonyl (C=O) groups excluding carboxylic acids is 2. The van der Waals surface area contributed by atoms with Crippen LogP contribution in [0.3, 0.4) is 0 Å². The maximum Gasteiger partial charge on any atom is 0.410 e. The van der Waals surface area contributed by atoms with Crippen LogP contribution >= 0.6 is 0 Å². The highest BCUT2D eigenvalue weighted by atomic mass is 16.7. The quantitative estimate of drug-likeness (QED) is 0.158. The molecule has 1 amide bonds. The normalized spacial score (nSPS) is 29.2. The van der Waals surface area contributed by atoms with Crippen molar-refractivity contribution in [1.29, 1.82) is 0 Å². The van der Waals surface area contributed by atoms with Gasteiger partial charge in [-0.15, -0.1) is 0 Å². The van der Waals surface area contributed by atoms with Gasteiger partial charge in [-0.1, -0.05) is 126 Å². The van der Waals surface area contributed by atoms with Crippen LogP contribution in [0.4, 0.5) is 4.79 Å². The fourth-order valence-electron chi connectivity index (χ4n) is 7.25. The van der Waals surface area contributed by atoms with Gasteiger partial charge in [0.15, 0.2) is 12.4 Å². The van der Waals surface area contributed by atoms with Crippen molar-refractivity contribution in [3.05, 3.63) is 108 Å². The van der Waals surface area contributed by atoms with Crippen LogP contribution in [-0.4, -0.2) is 67.9 Å². The minimum absolute atomic E-state index is 0.113. The Bertz CT molecular complexity index is 1490. The second-order valence-electron chi connectivity index (χ2n) is 14.3. The van der Waals surface area contributed by atoms with E-state index in [1.165, 1.54) is 7.11 Å². The number of benzene rings is 3. The summed E-state index contributed by atoms with van der Waals surface area (Å²) in [7, 11) is 1.38. The standard InChI is InChI=1S/C42H55NO8/c1-28-29(2)37(27-47-25-34-18-12-8-13-19-34)50-41(30(28)3)51-38-31(4)36(49-39(32(38)5)40(44)46-6)22-23-43(24-33-16-10-7-11-17-33)42(45)48-26-35-20-14-9-15-21-35/h7-21,28-32,36-39,41H,22-27H2,1-6H3/t28-,29+,30?,31?,32+,36-,37?,38+,39?,41-/m0/s1. The van der Waals surface area contributed by atoms with Crippen molar-refractivity contribution >= 4 is 12.1 Å². The third-order valence-corrected chi connectivity index (χ3v) is 10.9. The summed E-state index contributed by atoms with van der Waals surface area (Å²) < 4.78 is 37.1. The fraction of sp³-hybridized carbons (Fsp3) is 0.524. The highest BCUT2D eigenvalue weighted by Gasteiger charge is 2.49. The second kappa shape index (κ2) is 18.6. The monoisotopic (exact) mass is 701 g/mol. The number of carbonyl (C=O) groups is 2. The fourth-order valence-corrected chi connectivity index (χ4v) is 7.25. The Balaban J connectivity index is 1.28. The number of hydrogen-bond acceptors (Lipinski definition) is 8. The lowest BCUT2D eigenvalue weighted by Crippen LogP contribution is -2.56. The van der Waals surface area contributed by atoms with Gasteiger partial charge in [-0.2, -0.15) is 0 Å². The summed E-state index contributed by atoms with van der Waals surface area (Å²) in [5, 5.41) is 0. The van der Waals surface area contributed by atoms with Gasteiger partial charge in [0.1, 0.15) is 6.61 Å². The van der Waals surface area contributed by atoms with E-state index >= 15 is 0 Å². The van der Waals surface area contributed by atoms with Crippen LogP contribution in [0.15, 0.2) is 91.0 Å². The molecule has 5 rings (SSSR count). The molecule has 3 aromatic rings. The third kappa shape index (κ3) is 10.2. The minimum Gasteiger partial charge on any atom is -0.467 e. The van der Waals surface area contributed by atoms with Crippen molar-refractivity contribution < 1.29 is 38.0 Å². The molecular formula is C42H55NO8. The van der Waals surface area contributed by atoms with Crippen molar-refractivity contribution in [2.24, 2.45) is 29.6 Å². The van der Waals surface area contributed by atoms with Gasteiger partial charge in [0.25, 0.3) is 0 Å². The number of methoxy groups -OCH3 is 1. The van der Waals surface area contributed by atoms with E-state index in [0.29, 0.717) is 38.6 Å². The maximum atomic E-state index is 13.5. The summed E-state index contributed by atoms with van der Waals surface area (Å²) in [6, 6.07) is 29.6. The van der Waals surface area contributed by atoms with E-state index in [1.807, 2.05) is 85.8 Å². The van der Waals surface area contributed by atoms with E-state index < -0.39 is 30.6 Å². The molecule has 10 atom stereocenters. The molecule has 2 saturated heterocycles. The summed E-state index contributed by atoms with van der Waals surface area (Å²) in [5.41, 5.74) is 3.02. The summed E-state index contributed by atoms with van der Waals surface area (Å²) in [5.74, 6) is -0.143. The molecular weight excluding hydrogens is 646 g/mol. The van der Waals surface area contributed by atoms with Gasteiger partial charge in [0, 0.05) is 30.8 Å². The number of rotatable bonds is 14. The van der Waals surface area contributed by atoms with Crippen molar-refractivity contribution in [2.75, 3.05) is 20.3 Å². The van der Waals surface area contributed by atoms with Crippen molar-refractivity contribution in [1.82, 2.24) is 4.90 Å². The van der Waals surface area contributed by atoms with Crippen LogP contribution in [0.25, 0.3) is 0 Å². The van der Waals surface area contributed by atoms with Gasteiger partial charge in [-0.25, -0.2) is 9.59 Å². The topological polar surface area (TPSA) is 92.8 Å². The summed E-state index contributed by atoms with van der Waals surface area (Å²) in [6.07, 6.45) is -2.15. The molecule has 0 aromatic heterocycles. The summed E-state index contributed by atoms with van der Waals surface area (Å²) in [4.78, 5) is 28.3. The highest BCUT2D eigenvalue weighted by molar-refractivity contribution is 5.75. The number of ether oxygens (including phenoxy) is 6. The molecule has 0 N–H and O–H groups in total. The van der Waals surface area contributed by atoms with Crippen molar-refractivity contribution in [3.63, 3.8) is 0 Å². The second-order valence-corrected chi connectivity index (χ2v) is 14.3. The smallest absolute Gasteiger partial charge is 0.410 e. The Morgan fingerprint density at radius 1 is 0.667 bits per heavy atom. The van der Waals surface area contributed by atoms with Crippen molar-refractivity contribution in [3.8, 4) is 0 Å². The van der Waals surface area contributed by atoms with Gasteiger partial charge in [-0.3, -0.25) is 0 Å². The first kappa shape index (κ1) is 38.5. The highest BCUT2D eigenvalue weighted by Crippen LogP contribution is 2.41. The van der Waals surface area contributed by atoms with E-state index in [9.17, 15) is 9.59 Å². The van der Waals surface area contributed by atoms with Gasteiger partial charge >= 0.3 is 12.1 Å². The molecule has 0 saturated carbocycles. The molecule has 9 nitrogen and oxygen atoms in total.